The van der Waals surface area contributed by atoms with E-state index in [4.69, 9.17) is 0 Å². The fraction of sp³-hybridized carbons (Fsp3) is 0.240. The SMILES string of the molecule is CC(=O)NC(CC(=O)NCc1ccc(Cn2ccccc2=O)cc1)c1ccc(C)cc1. The van der Waals surface area contributed by atoms with Crippen LogP contribution in [0.5, 0.6) is 0 Å². The summed E-state index contributed by atoms with van der Waals surface area (Å²) in [6, 6.07) is 20.3. The number of rotatable bonds is 8. The molecule has 160 valence electrons. The average Bonchev–Trinajstić information content (AvgIpc) is 2.75. The minimum absolute atomic E-state index is 0.0406. The maximum Gasteiger partial charge on any atom is 0.250 e. The van der Waals surface area contributed by atoms with Crippen LogP contribution >= 0.6 is 0 Å². The molecule has 0 spiro atoms. The molecule has 31 heavy (non-hydrogen) atoms. The number of nitrogens with one attached hydrogen (secondary N) is 2. The van der Waals surface area contributed by atoms with Crippen molar-refractivity contribution < 1.29 is 9.59 Å². The highest BCUT2D eigenvalue weighted by molar-refractivity contribution is 5.79. The van der Waals surface area contributed by atoms with Crippen LogP contribution in [0.3, 0.4) is 0 Å². The lowest BCUT2D eigenvalue weighted by Gasteiger charge is -2.18. The van der Waals surface area contributed by atoms with Gasteiger partial charge in [0.05, 0.1) is 19.0 Å². The van der Waals surface area contributed by atoms with Crippen molar-refractivity contribution in [3.8, 4) is 0 Å². The lowest BCUT2D eigenvalue weighted by molar-refractivity contribution is -0.122. The lowest BCUT2D eigenvalue weighted by Crippen LogP contribution is -2.32. The molecule has 0 saturated heterocycles. The lowest BCUT2D eigenvalue weighted by atomic mass is 10.0. The Morgan fingerprint density at radius 1 is 0.935 bits per heavy atom. The van der Waals surface area contributed by atoms with Crippen LogP contribution in [0.1, 0.15) is 41.6 Å². The number of carbonyl (C=O) groups excluding carboxylic acids is 2. The Morgan fingerprint density at radius 2 is 1.61 bits per heavy atom. The van der Waals surface area contributed by atoms with Gasteiger partial charge in [0.15, 0.2) is 0 Å². The fourth-order valence-electron chi connectivity index (χ4n) is 3.31. The first-order valence-corrected chi connectivity index (χ1v) is 10.2. The summed E-state index contributed by atoms with van der Waals surface area (Å²) in [6.45, 7) is 4.34. The molecule has 3 aromatic rings. The van der Waals surface area contributed by atoms with E-state index in [1.807, 2.05) is 61.5 Å². The van der Waals surface area contributed by atoms with Crippen molar-refractivity contribution in [2.45, 2.75) is 39.4 Å². The van der Waals surface area contributed by atoms with E-state index in [0.717, 1.165) is 22.3 Å². The maximum atomic E-state index is 12.5. The van der Waals surface area contributed by atoms with Gasteiger partial charge in [-0.05, 0) is 29.7 Å². The highest BCUT2D eigenvalue weighted by atomic mass is 16.2. The van der Waals surface area contributed by atoms with Gasteiger partial charge in [-0.25, -0.2) is 0 Å². The van der Waals surface area contributed by atoms with Crippen molar-refractivity contribution in [1.82, 2.24) is 15.2 Å². The molecule has 0 aliphatic rings. The van der Waals surface area contributed by atoms with E-state index in [2.05, 4.69) is 10.6 Å². The smallest absolute Gasteiger partial charge is 0.250 e. The molecule has 1 aromatic heterocycles. The third-order valence-electron chi connectivity index (χ3n) is 5.01. The monoisotopic (exact) mass is 417 g/mol. The summed E-state index contributed by atoms with van der Waals surface area (Å²) in [5.74, 6) is -0.314. The van der Waals surface area contributed by atoms with Gasteiger partial charge in [0.25, 0.3) is 5.56 Å². The Bertz CT molecular complexity index is 1090. The van der Waals surface area contributed by atoms with Crippen molar-refractivity contribution in [2.24, 2.45) is 0 Å². The van der Waals surface area contributed by atoms with Gasteiger partial charge in [0.2, 0.25) is 11.8 Å². The molecular weight excluding hydrogens is 390 g/mol. The van der Waals surface area contributed by atoms with Crippen LogP contribution in [0.2, 0.25) is 0 Å². The summed E-state index contributed by atoms with van der Waals surface area (Å²) in [7, 11) is 0. The Morgan fingerprint density at radius 3 is 2.26 bits per heavy atom. The number of amides is 2. The summed E-state index contributed by atoms with van der Waals surface area (Å²) < 4.78 is 1.64. The molecule has 1 unspecified atom stereocenters. The van der Waals surface area contributed by atoms with Gasteiger partial charge in [0.1, 0.15) is 0 Å². The topological polar surface area (TPSA) is 80.2 Å². The molecule has 0 bridgehead atoms. The molecule has 1 heterocycles. The minimum Gasteiger partial charge on any atom is -0.352 e. The maximum absolute atomic E-state index is 12.5. The number of hydrogen-bond donors (Lipinski definition) is 2. The highest BCUT2D eigenvalue weighted by Gasteiger charge is 2.17. The van der Waals surface area contributed by atoms with Gasteiger partial charge in [-0.15, -0.1) is 0 Å². The van der Waals surface area contributed by atoms with Gasteiger partial charge in [-0.3, -0.25) is 14.4 Å². The quantitative estimate of drug-likeness (QED) is 0.591. The van der Waals surface area contributed by atoms with E-state index >= 15 is 0 Å². The van der Waals surface area contributed by atoms with Crippen LogP contribution in [0, 0.1) is 6.92 Å². The highest BCUT2D eigenvalue weighted by Crippen LogP contribution is 2.18. The normalized spacial score (nSPS) is 11.5. The van der Waals surface area contributed by atoms with E-state index in [0.29, 0.717) is 13.1 Å². The molecule has 0 aliphatic carbocycles. The van der Waals surface area contributed by atoms with Crippen molar-refractivity contribution in [3.05, 3.63) is 106 Å². The molecule has 6 nitrogen and oxygen atoms in total. The molecule has 2 amide bonds. The van der Waals surface area contributed by atoms with Crippen LogP contribution in [0.15, 0.2) is 77.7 Å². The molecule has 0 radical (unpaired) electrons. The molecule has 2 N–H and O–H groups in total. The summed E-state index contributed by atoms with van der Waals surface area (Å²) in [4.78, 5) is 35.9. The summed E-state index contributed by atoms with van der Waals surface area (Å²) in [5, 5.41) is 5.77. The summed E-state index contributed by atoms with van der Waals surface area (Å²) in [5.41, 5.74) is 3.95. The molecule has 2 aromatic carbocycles. The fourth-order valence-corrected chi connectivity index (χ4v) is 3.31. The van der Waals surface area contributed by atoms with Crippen LogP contribution in [0.25, 0.3) is 0 Å². The average molecular weight is 418 g/mol. The van der Waals surface area contributed by atoms with Crippen LogP contribution in [0.4, 0.5) is 0 Å². The van der Waals surface area contributed by atoms with E-state index in [1.54, 1.807) is 16.8 Å². The van der Waals surface area contributed by atoms with Gasteiger partial charge in [0, 0.05) is 25.7 Å². The second-order valence-corrected chi connectivity index (χ2v) is 7.63. The largest absolute Gasteiger partial charge is 0.352 e. The first-order chi connectivity index (χ1) is 14.9. The number of nitrogens with zero attached hydrogens (tertiary/aromatic N) is 1. The van der Waals surface area contributed by atoms with Crippen molar-refractivity contribution in [2.75, 3.05) is 0 Å². The van der Waals surface area contributed by atoms with E-state index < -0.39 is 0 Å². The second-order valence-electron chi connectivity index (χ2n) is 7.63. The zero-order valence-electron chi connectivity index (χ0n) is 17.8. The minimum atomic E-state index is -0.371. The Balaban J connectivity index is 1.56. The van der Waals surface area contributed by atoms with E-state index in [9.17, 15) is 14.4 Å². The van der Waals surface area contributed by atoms with Crippen molar-refractivity contribution in [3.63, 3.8) is 0 Å². The van der Waals surface area contributed by atoms with Gasteiger partial charge in [-0.2, -0.15) is 0 Å². The number of pyridine rings is 1. The predicted octanol–water partition coefficient (Wildman–Crippen LogP) is 3.09. The molecule has 3 rings (SSSR count). The van der Waals surface area contributed by atoms with Gasteiger partial charge >= 0.3 is 0 Å². The molecule has 6 heteroatoms. The summed E-state index contributed by atoms with van der Waals surface area (Å²) in [6.07, 6.45) is 1.92. The number of hydrogen-bond acceptors (Lipinski definition) is 3. The van der Waals surface area contributed by atoms with Crippen LogP contribution in [-0.4, -0.2) is 16.4 Å². The Labute approximate surface area is 181 Å². The third kappa shape index (κ3) is 6.67. The standard InChI is InChI=1S/C25H27N3O3/c1-18-6-12-22(13-7-18)23(27-19(2)29)15-24(30)26-16-20-8-10-21(11-9-20)17-28-14-4-3-5-25(28)31/h3-14,23H,15-17H2,1-2H3,(H,26,30)(H,27,29). The first-order valence-electron chi connectivity index (χ1n) is 10.2. The Kier molecular flexibility index (Phi) is 7.38. The van der Waals surface area contributed by atoms with Crippen molar-refractivity contribution in [1.29, 1.82) is 0 Å². The van der Waals surface area contributed by atoms with E-state index in [1.165, 1.54) is 13.0 Å². The zero-order chi connectivity index (χ0) is 22.2. The third-order valence-corrected chi connectivity index (χ3v) is 5.01. The predicted molar refractivity (Wildman–Crippen MR) is 120 cm³/mol. The number of aromatic nitrogens is 1. The first kappa shape index (κ1) is 22.0. The van der Waals surface area contributed by atoms with Crippen LogP contribution in [-0.2, 0) is 22.7 Å². The van der Waals surface area contributed by atoms with Crippen LogP contribution < -0.4 is 16.2 Å². The second kappa shape index (κ2) is 10.4. The Hall–Kier alpha value is -3.67. The van der Waals surface area contributed by atoms with E-state index in [-0.39, 0.29) is 29.8 Å². The number of benzene rings is 2. The summed E-state index contributed by atoms with van der Waals surface area (Å²) >= 11 is 0. The van der Waals surface area contributed by atoms with Gasteiger partial charge in [-0.1, -0.05) is 60.2 Å². The molecule has 0 fully saturated rings. The molecule has 1 atom stereocenters. The molecule has 0 aliphatic heterocycles. The van der Waals surface area contributed by atoms with Gasteiger partial charge < -0.3 is 15.2 Å². The zero-order valence-corrected chi connectivity index (χ0v) is 17.8. The van der Waals surface area contributed by atoms with Crippen molar-refractivity contribution >= 4 is 11.8 Å². The number of carbonyl (C=O) groups is 2. The number of aryl methyl sites for hydroxylation is 1. The molecule has 0 saturated carbocycles. The molecular formula is C25H27N3O3.